The minimum atomic E-state index is -3.65. The SMILES string of the molecule is NC(=O)CCCNS(=O)(=O)c1ccc(-c2c[nH]c3cc(F)ccc23)cc1. The van der Waals surface area contributed by atoms with Gasteiger partial charge in [0.25, 0.3) is 0 Å². The smallest absolute Gasteiger partial charge is 0.240 e. The molecule has 0 saturated heterocycles. The average molecular weight is 375 g/mol. The van der Waals surface area contributed by atoms with E-state index in [9.17, 15) is 17.6 Å². The van der Waals surface area contributed by atoms with Crippen molar-refractivity contribution >= 4 is 26.8 Å². The summed E-state index contributed by atoms with van der Waals surface area (Å²) in [5.41, 5.74) is 7.37. The van der Waals surface area contributed by atoms with E-state index in [0.29, 0.717) is 11.9 Å². The Morgan fingerprint density at radius 1 is 1.15 bits per heavy atom. The molecular formula is C18H18FN3O3S. The fourth-order valence-electron chi connectivity index (χ4n) is 2.70. The van der Waals surface area contributed by atoms with Crippen LogP contribution in [-0.2, 0) is 14.8 Å². The molecule has 26 heavy (non-hydrogen) atoms. The zero-order chi connectivity index (χ0) is 18.7. The second kappa shape index (κ2) is 7.27. The van der Waals surface area contributed by atoms with Crippen molar-refractivity contribution in [3.05, 3.63) is 54.5 Å². The minimum Gasteiger partial charge on any atom is -0.370 e. The number of benzene rings is 2. The fraction of sp³-hybridized carbons (Fsp3) is 0.167. The molecule has 0 aliphatic heterocycles. The lowest BCUT2D eigenvalue weighted by Gasteiger charge is -2.07. The highest BCUT2D eigenvalue weighted by atomic mass is 32.2. The Morgan fingerprint density at radius 3 is 2.58 bits per heavy atom. The molecule has 0 unspecified atom stereocenters. The fourth-order valence-corrected chi connectivity index (χ4v) is 3.78. The van der Waals surface area contributed by atoms with E-state index >= 15 is 0 Å². The Labute approximate surface area is 150 Å². The molecule has 0 bridgehead atoms. The third kappa shape index (κ3) is 3.92. The molecule has 136 valence electrons. The normalized spacial score (nSPS) is 11.7. The number of nitrogens with two attached hydrogens (primary N) is 1. The Balaban J connectivity index is 1.78. The molecule has 1 amide bonds. The van der Waals surface area contributed by atoms with Gasteiger partial charge in [-0.15, -0.1) is 0 Å². The van der Waals surface area contributed by atoms with Crippen molar-refractivity contribution in [1.82, 2.24) is 9.71 Å². The van der Waals surface area contributed by atoms with Gasteiger partial charge in [0.1, 0.15) is 5.82 Å². The Bertz CT molecular complexity index is 1040. The van der Waals surface area contributed by atoms with Gasteiger partial charge in [0.05, 0.1) is 4.90 Å². The lowest BCUT2D eigenvalue weighted by molar-refractivity contribution is -0.118. The lowest BCUT2D eigenvalue weighted by atomic mass is 10.1. The number of aromatic nitrogens is 1. The van der Waals surface area contributed by atoms with E-state index in [4.69, 9.17) is 5.73 Å². The van der Waals surface area contributed by atoms with Crippen LogP contribution in [0.5, 0.6) is 0 Å². The van der Waals surface area contributed by atoms with Gasteiger partial charge in [-0.1, -0.05) is 12.1 Å². The first-order chi connectivity index (χ1) is 12.4. The second-order valence-electron chi connectivity index (χ2n) is 5.88. The molecule has 0 saturated carbocycles. The molecule has 2 aromatic carbocycles. The number of carbonyl (C=O) groups excluding carboxylic acids is 1. The number of halogens is 1. The van der Waals surface area contributed by atoms with Crippen LogP contribution in [0, 0.1) is 5.82 Å². The maximum absolute atomic E-state index is 13.3. The summed E-state index contributed by atoms with van der Waals surface area (Å²) in [6.07, 6.45) is 2.23. The summed E-state index contributed by atoms with van der Waals surface area (Å²) in [5, 5.41) is 0.853. The number of aromatic amines is 1. The van der Waals surface area contributed by atoms with E-state index in [1.807, 2.05) is 0 Å². The molecule has 6 nitrogen and oxygen atoms in total. The molecule has 3 aromatic rings. The topological polar surface area (TPSA) is 105 Å². The van der Waals surface area contributed by atoms with Crippen molar-refractivity contribution in [1.29, 1.82) is 0 Å². The van der Waals surface area contributed by atoms with Crippen LogP contribution in [0.4, 0.5) is 4.39 Å². The van der Waals surface area contributed by atoms with E-state index in [1.54, 1.807) is 24.4 Å². The zero-order valence-corrected chi connectivity index (χ0v) is 14.6. The van der Waals surface area contributed by atoms with Gasteiger partial charge in [-0.3, -0.25) is 4.79 Å². The molecule has 1 aromatic heterocycles. The molecule has 0 aliphatic carbocycles. The van der Waals surface area contributed by atoms with E-state index in [1.165, 1.54) is 24.3 Å². The number of amides is 1. The quantitative estimate of drug-likeness (QED) is 0.553. The van der Waals surface area contributed by atoms with Gasteiger partial charge in [0.15, 0.2) is 0 Å². The summed E-state index contributed by atoms with van der Waals surface area (Å²) in [6.45, 7) is 0.140. The third-order valence-electron chi connectivity index (χ3n) is 4.01. The van der Waals surface area contributed by atoms with Crippen LogP contribution in [0.15, 0.2) is 53.6 Å². The van der Waals surface area contributed by atoms with Crippen molar-refractivity contribution in [2.75, 3.05) is 6.54 Å². The number of H-pyrrole nitrogens is 1. The number of nitrogens with one attached hydrogen (secondary N) is 2. The average Bonchev–Trinajstić information content (AvgIpc) is 3.01. The first-order valence-electron chi connectivity index (χ1n) is 8.02. The van der Waals surface area contributed by atoms with Crippen molar-refractivity contribution in [3.63, 3.8) is 0 Å². The standard InChI is InChI=1S/C18H18FN3O3S/c19-13-5-8-15-16(11-21-17(15)10-13)12-3-6-14(7-4-12)26(24,25)22-9-1-2-18(20)23/h3-8,10-11,21-22H,1-2,9H2,(H2,20,23). The number of hydrogen-bond donors (Lipinski definition) is 3. The van der Waals surface area contributed by atoms with Gasteiger partial charge in [-0.25, -0.2) is 17.5 Å². The highest BCUT2D eigenvalue weighted by Crippen LogP contribution is 2.29. The van der Waals surface area contributed by atoms with Crippen molar-refractivity contribution in [3.8, 4) is 11.1 Å². The Morgan fingerprint density at radius 2 is 1.88 bits per heavy atom. The second-order valence-corrected chi connectivity index (χ2v) is 7.65. The monoisotopic (exact) mass is 375 g/mol. The third-order valence-corrected chi connectivity index (χ3v) is 5.49. The van der Waals surface area contributed by atoms with Crippen LogP contribution in [0.1, 0.15) is 12.8 Å². The molecule has 0 radical (unpaired) electrons. The van der Waals surface area contributed by atoms with Gasteiger partial charge in [0.2, 0.25) is 15.9 Å². The number of carbonyl (C=O) groups is 1. The summed E-state index contributed by atoms with van der Waals surface area (Å²) < 4.78 is 40.2. The highest BCUT2D eigenvalue weighted by Gasteiger charge is 2.14. The molecule has 0 atom stereocenters. The first kappa shape index (κ1) is 18.1. The first-order valence-corrected chi connectivity index (χ1v) is 9.50. The molecule has 1 heterocycles. The number of hydrogen-bond acceptors (Lipinski definition) is 3. The van der Waals surface area contributed by atoms with Crippen molar-refractivity contribution < 1.29 is 17.6 Å². The maximum Gasteiger partial charge on any atom is 0.240 e. The van der Waals surface area contributed by atoms with Gasteiger partial charge < -0.3 is 10.7 Å². The number of primary amides is 1. The van der Waals surface area contributed by atoms with Gasteiger partial charge in [-0.05, 0) is 42.3 Å². The predicted molar refractivity (Wildman–Crippen MR) is 97.3 cm³/mol. The number of sulfonamides is 1. The predicted octanol–water partition coefficient (Wildman–Crippen LogP) is 2.52. The molecule has 0 spiro atoms. The van der Waals surface area contributed by atoms with Crippen LogP contribution in [-0.4, -0.2) is 25.9 Å². The molecule has 8 heteroatoms. The number of fused-ring (bicyclic) bond motifs is 1. The molecular weight excluding hydrogens is 357 g/mol. The number of rotatable bonds is 7. The van der Waals surface area contributed by atoms with Crippen LogP contribution < -0.4 is 10.5 Å². The summed E-state index contributed by atoms with van der Waals surface area (Å²) in [4.78, 5) is 13.8. The lowest BCUT2D eigenvalue weighted by Crippen LogP contribution is -2.25. The zero-order valence-electron chi connectivity index (χ0n) is 13.8. The van der Waals surface area contributed by atoms with Crippen LogP contribution >= 0.6 is 0 Å². The summed E-state index contributed by atoms with van der Waals surface area (Å²) >= 11 is 0. The van der Waals surface area contributed by atoms with Gasteiger partial charge in [0, 0.05) is 35.6 Å². The highest BCUT2D eigenvalue weighted by molar-refractivity contribution is 7.89. The van der Waals surface area contributed by atoms with Crippen molar-refractivity contribution in [2.45, 2.75) is 17.7 Å². The van der Waals surface area contributed by atoms with Gasteiger partial charge >= 0.3 is 0 Å². The van der Waals surface area contributed by atoms with Gasteiger partial charge in [-0.2, -0.15) is 0 Å². The van der Waals surface area contributed by atoms with E-state index in [0.717, 1.165) is 16.5 Å². The van der Waals surface area contributed by atoms with E-state index in [-0.39, 0.29) is 23.7 Å². The maximum atomic E-state index is 13.3. The molecule has 4 N–H and O–H groups in total. The van der Waals surface area contributed by atoms with Crippen molar-refractivity contribution in [2.24, 2.45) is 5.73 Å². The van der Waals surface area contributed by atoms with E-state index in [2.05, 4.69) is 9.71 Å². The minimum absolute atomic E-state index is 0.128. The van der Waals surface area contributed by atoms with E-state index < -0.39 is 15.9 Å². The summed E-state index contributed by atoms with van der Waals surface area (Å²) in [5.74, 6) is -0.790. The van der Waals surface area contributed by atoms with Crippen LogP contribution in [0.25, 0.3) is 22.0 Å². The summed E-state index contributed by atoms with van der Waals surface area (Å²) in [6, 6.07) is 10.9. The van der Waals surface area contributed by atoms with Crippen LogP contribution in [0.2, 0.25) is 0 Å². The Kier molecular flexibility index (Phi) is 5.06. The Hall–Kier alpha value is -2.71. The molecule has 0 fully saturated rings. The largest absolute Gasteiger partial charge is 0.370 e. The van der Waals surface area contributed by atoms with Crippen LogP contribution in [0.3, 0.4) is 0 Å². The summed E-state index contributed by atoms with van der Waals surface area (Å²) in [7, 11) is -3.65. The molecule has 3 rings (SSSR count). The molecule has 0 aliphatic rings.